The fourth-order valence-corrected chi connectivity index (χ4v) is 4.35. The fourth-order valence-electron chi connectivity index (χ4n) is 4.35. The summed E-state index contributed by atoms with van der Waals surface area (Å²) in [6, 6.07) is 14.3. The van der Waals surface area contributed by atoms with E-state index in [1.165, 1.54) is 4.57 Å². The molecule has 0 bridgehead atoms. The largest absolute Gasteiger partial charge is 0.446 e. The molecule has 1 aromatic heterocycles. The maximum atomic E-state index is 13.7. The molecule has 4 rings (SSSR count). The van der Waals surface area contributed by atoms with Gasteiger partial charge in [0.25, 0.3) is 0 Å². The summed E-state index contributed by atoms with van der Waals surface area (Å²) in [4.78, 5) is 43.1. The highest BCUT2D eigenvalue weighted by Crippen LogP contribution is 2.35. The SMILES string of the molecule is C[C@@H](c1cn(C(=O)OC(C)(C)C)c2ccccc12)[C@H](N=[N+]=[N-])C(=O)N1C(=O)OCC1c1ccccc1. The number of nitrogens with zero attached hydrogens (tertiary/aromatic N) is 5. The molecule has 10 heteroatoms. The van der Waals surface area contributed by atoms with Crippen LogP contribution in [0.5, 0.6) is 0 Å². The molecule has 3 aromatic rings. The number of hydrogen-bond donors (Lipinski definition) is 0. The Balaban J connectivity index is 1.73. The van der Waals surface area contributed by atoms with Crippen LogP contribution in [0, 0.1) is 0 Å². The number of para-hydroxylation sites is 1. The van der Waals surface area contributed by atoms with E-state index in [4.69, 9.17) is 9.47 Å². The lowest BCUT2D eigenvalue weighted by Crippen LogP contribution is -2.42. The van der Waals surface area contributed by atoms with E-state index < -0.39 is 41.7 Å². The van der Waals surface area contributed by atoms with Crippen LogP contribution < -0.4 is 0 Å². The van der Waals surface area contributed by atoms with Gasteiger partial charge in [0.15, 0.2) is 0 Å². The Morgan fingerprint density at radius 3 is 2.47 bits per heavy atom. The van der Waals surface area contributed by atoms with Crippen molar-refractivity contribution in [1.82, 2.24) is 9.47 Å². The van der Waals surface area contributed by atoms with Crippen LogP contribution in [0.1, 0.15) is 50.8 Å². The number of azide groups is 1. The molecule has 0 N–H and O–H groups in total. The lowest BCUT2D eigenvalue weighted by Gasteiger charge is -2.26. The van der Waals surface area contributed by atoms with Crippen molar-refractivity contribution in [2.45, 2.75) is 51.3 Å². The molecule has 1 aliphatic rings. The monoisotopic (exact) mass is 489 g/mol. The maximum absolute atomic E-state index is 13.7. The van der Waals surface area contributed by atoms with E-state index in [1.807, 2.05) is 18.2 Å². The molecule has 2 aromatic carbocycles. The molecule has 10 nitrogen and oxygen atoms in total. The smallest absolute Gasteiger partial charge is 0.419 e. The van der Waals surface area contributed by atoms with Gasteiger partial charge in [-0.2, -0.15) is 0 Å². The molecular weight excluding hydrogens is 462 g/mol. The van der Waals surface area contributed by atoms with Crippen molar-refractivity contribution in [3.05, 3.63) is 82.4 Å². The van der Waals surface area contributed by atoms with Crippen molar-refractivity contribution in [2.24, 2.45) is 5.11 Å². The van der Waals surface area contributed by atoms with Crippen LogP contribution >= 0.6 is 0 Å². The summed E-state index contributed by atoms with van der Waals surface area (Å²) in [6.45, 7) is 7.04. The minimum atomic E-state index is -1.26. The van der Waals surface area contributed by atoms with Crippen molar-refractivity contribution in [2.75, 3.05) is 6.61 Å². The second-order valence-electron chi connectivity index (χ2n) is 9.60. The Labute approximate surface area is 208 Å². The number of fused-ring (bicyclic) bond motifs is 1. The zero-order valence-corrected chi connectivity index (χ0v) is 20.5. The fraction of sp³-hybridized carbons (Fsp3) is 0.346. The number of hydrogen-bond acceptors (Lipinski definition) is 6. The van der Waals surface area contributed by atoms with Crippen molar-refractivity contribution in [1.29, 1.82) is 0 Å². The van der Waals surface area contributed by atoms with Crippen LogP contribution in [0.2, 0.25) is 0 Å². The van der Waals surface area contributed by atoms with Gasteiger partial charge in [-0.15, -0.1) is 0 Å². The molecule has 0 radical (unpaired) electrons. The number of carbonyl (C=O) groups excluding carboxylic acids is 3. The van der Waals surface area contributed by atoms with Gasteiger partial charge in [-0.25, -0.2) is 14.5 Å². The van der Waals surface area contributed by atoms with Crippen LogP contribution in [-0.2, 0) is 14.3 Å². The first-order chi connectivity index (χ1) is 17.1. The highest BCUT2D eigenvalue weighted by molar-refractivity contribution is 5.98. The molecule has 1 aliphatic heterocycles. The van der Waals surface area contributed by atoms with Gasteiger partial charge in [0.1, 0.15) is 24.3 Å². The minimum Gasteiger partial charge on any atom is -0.446 e. The standard InChI is InChI=1S/C26H27N5O5/c1-16(19-14-30(24(33)36-26(2,3)4)20-13-9-8-12-18(19)20)22(28-29-27)23(32)31-21(15-35-25(31)34)17-10-6-5-7-11-17/h5-14,16,21-22H,15H2,1-4H3/t16-,21?,22-/m0/s1. The number of aromatic nitrogens is 1. The first-order valence-electron chi connectivity index (χ1n) is 11.5. The van der Waals surface area contributed by atoms with E-state index in [0.717, 1.165) is 10.5 Å². The third-order valence-electron chi connectivity index (χ3n) is 6.02. The van der Waals surface area contributed by atoms with Gasteiger partial charge in [0.2, 0.25) is 5.91 Å². The Morgan fingerprint density at radius 1 is 1.14 bits per heavy atom. The van der Waals surface area contributed by atoms with Crippen molar-refractivity contribution in [3.8, 4) is 0 Å². The van der Waals surface area contributed by atoms with Crippen LogP contribution in [-0.4, -0.2) is 45.8 Å². The Kier molecular flexibility index (Phi) is 6.72. The van der Waals surface area contributed by atoms with Gasteiger partial charge in [0.05, 0.1) is 5.52 Å². The molecule has 1 fully saturated rings. The predicted octanol–water partition coefficient (Wildman–Crippen LogP) is 5.93. The Bertz CT molecular complexity index is 1350. The zero-order valence-electron chi connectivity index (χ0n) is 20.5. The van der Waals surface area contributed by atoms with Crippen LogP contribution in [0.4, 0.5) is 9.59 Å². The van der Waals surface area contributed by atoms with E-state index in [9.17, 15) is 19.9 Å². The lowest BCUT2D eigenvalue weighted by atomic mass is 9.92. The van der Waals surface area contributed by atoms with E-state index in [-0.39, 0.29) is 6.61 Å². The van der Waals surface area contributed by atoms with E-state index in [2.05, 4.69) is 10.0 Å². The van der Waals surface area contributed by atoms with Crippen molar-refractivity contribution >= 4 is 29.0 Å². The number of benzene rings is 2. The number of carbonyl (C=O) groups is 3. The summed E-state index contributed by atoms with van der Waals surface area (Å²) in [6.07, 6.45) is 0.222. The summed E-state index contributed by atoms with van der Waals surface area (Å²) in [5, 5.41) is 4.48. The van der Waals surface area contributed by atoms with Gasteiger partial charge < -0.3 is 9.47 Å². The maximum Gasteiger partial charge on any atom is 0.419 e. The number of ether oxygens (including phenoxy) is 2. The van der Waals surface area contributed by atoms with Gasteiger partial charge >= 0.3 is 12.2 Å². The lowest BCUT2D eigenvalue weighted by molar-refractivity contribution is -0.131. The summed E-state index contributed by atoms with van der Waals surface area (Å²) in [5.41, 5.74) is 10.5. The molecule has 0 spiro atoms. The number of cyclic esters (lactones) is 1. The first-order valence-corrected chi connectivity index (χ1v) is 11.5. The average molecular weight is 490 g/mol. The molecule has 36 heavy (non-hydrogen) atoms. The van der Waals surface area contributed by atoms with Gasteiger partial charge in [0, 0.05) is 22.4 Å². The number of amides is 2. The topological polar surface area (TPSA) is 127 Å². The summed E-state index contributed by atoms with van der Waals surface area (Å²) in [7, 11) is 0. The molecule has 3 atom stereocenters. The highest BCUT2D eigenvalue weighted by Gasteiger charge is 2.43. The average Bonchev–Trinajstić information content (AvgIpc) is 3.42. The zero-order chi connectivity index (χ0) is 26.0. The van der Waals surface area contributed by atoms with Crippen molar-refractivity contribution in [3.63, 3.8) is 0 Å². The second kappa shape index (κ2) is 9.75. The van der Waals surface area contributed by atoms with Gasteiger partial charge in [-0.05, 0) is 43.5 Å². The molecule has 1 unspecified atom stereocenters. The molecule has 2 amide bonds. The molecule has 186 valence electrons. The Morgan fingerprint density at radius 2 is 1.81 bits per heavy atom. The molecule has 0 saturated carbocycles. The molecule has 2 heterocycles. The molecular formula is C26H27N5O5. The van der Waals surface area contributed by atoms with Crippen molar-refractivity contribution < 1.29 is 23.9 Å². The number of rotatable bonds is 5. The highest BCUT2D eigenvalue weighted by atomic mass is 16.6. The van der Waals surface area contributed by atoms with E-state index in [0.29, 0.717) is 16.5 Å². The second-order valence-corrected chi connectivity index (χ2v) is 9.60. The summed E-state index contributed by atoms with van der Waals surface area (Å²) >= 11 is 0. The van der Waals surface area contributed by atoms with Gasteiger partial charge in [-0.3, -0.25) is 9.36 Å². The van der Waals surface area contributed by atoms with Crippen LogP contribution in [0.25, 0.3) is 21.3 Å². The van der Waals surface area contributed by atoms with E-state index in [1.54, 1.807) is 70.3 Å². The minimum absolute atomic E-state index is 0.00388. The van der Waals surface area contributed by atoms with Gasteiger partial charge in [-0.1, -0.05) is 60.6 Å². The quantitative estimate of drug-likeness (QED) is 0.249. The first kappa shape index (κ1) is 24.8. The normalized spacial score (nSPS) is 17.3. The summed E-state index contributed by atoms with van der Waals surface area (Å²) in [5.74, 6) is -1.35. The predicted molar refractivity (Wildman–Crippen MR) is 132 cm³/mol. The third-order valence-corrected chi connectivity index (χ3v) is 6.02. The Hall–Kier alpha value is -4.30. The molecule has 0 aliphatic carbocycles. The summed E-state index contributed by atoms with van der Waals surface area (Å²) < 4.78 is 12.1. The van der Waals surface area contributed by atoms with Crippen LogP contribution in [0.15, 0.2) is 65.9 Å². The molecule has 1 saturated heterocycles. The third kappa shape index (κ3) is 4.76. The number of imide groups is 1. The van der Waals surface area contributed by atoms with E-state index >= 15 is 0 Å². The van der Waals surface area contributed by atoms with Crippen LogP contribution in [0.3, 0.4) is 0 Å².